The molecule has 7 heteroatoms. The number of hydrogen-bond donors (Lipinski definition) is 1. The summed E-state index contributed by atoms with van der Waals surface area (Å²) < 4.78 is 1.07. The smallest absolute Gasteiger partial charge is 0.255 e. The largest absolute Gasteiger partial charge is 0.348 e. The number of aromatic nitrogens is 1. The third-order valence-corrected chi connectivity index (χ3v) is 6.58. The van der Waals surface area contributed by atoms with Crippen molar-refractivity contribution in [3.8, 4) is 0 Å². The summed E-state index contributed by atoms with van der Waals surface area (Å²) >= 11 is 1.67. The lowest BCUT2D eigenvalue weighted by molar-refractivity contribution is -0.117. The number of rotatable bonds is 4. The van der Waals surface area contributed by atoms with Crippen LogP contribution >= 0.6 is 11.3 Å². The minimum absolute atomic E-state index is 0.118. The molecule has 2 saturated heterocycles. The first kappa shape index (κ1) is 18.1. The van der Waals surface area contributed by atoms with E-state index in [0.29, 0.717) is 18.5 Å². The van der Waals surface area contributed by atoms with Gasteiger partial charge in [-0.2, -0.15) is 0 Å². The van der Waals surface area contributed by atoms with Gasteiger partial charge < -0.3 is 15.1 Å². The van der Waals surface area contributed by atoms with Gasteiger partial charge in [0.15, 0.2) is 5.13 Å². The number of anilines is 3. The number of carbonyl (C=O) groups excluding carboxylic acids is 2. The number of carbonyl (C=O) groups is 2. The van der Waals surface area contributed by atoms with Crippen molar-refractivity contribution in [3.05, 3.63) is 48.0 Å². The Labute approximate surface area is 173 Å². The van der Waals surface area contributed by atoms with E-state index in [1.807, 2.05) is 30.3 Å². The molecule has 0 radical (unpaired) electrons. The Balaban J connectivity index is 1.35. The average Bonchev–Trinajstić information content (AvgIpc) is 3.48. The predicted molar refractivity (Wildman–Crippen MR) is 117 cm³/mol. The van der Waals surface area contributed by atoms with Crippen LogP contribution in [0.5, 0.6) is 0 Å². The van der Waals surface area contributed by atoms with Gasteiger partial charge in [-0.15, -0.1) is 0 Å². The number of benzene rings is 2. The second kappa shape index (κ2) is 7.48. The van der Waals surface area contributed by atoms with Crippen LogP contribution < -0.4 is 15.1 Å². The zero-order chi connectivity index (χ0) is 19.8. The van der Waals surface area contributed by atoms with E-state index in [0.717, 1.165) is 46.2 Å². The first-order chi connectivity index (χ1) is 14.2. The van der Waals surface area contributed by atoms with Crippen molar-refractivity contribution in [2.75, 3.05) is 34.8 Å². The molecule has 3 aromatic rings. The van der Waals surface area contributed by atoms with E-state index >= 15 is 0 Å². The molecule has 0 saturated carbocycles. The summed E-state index contributed by atoms with van der Waals surface area (Å²) in [6.45, 7) is 2.85. The molecule has 2 aromatic carbocycles. The normalized spacial score (nSPS) is 16.8. The van der Waals surface area contributed by atoms with Gasteiger partial charge in [-0.05, 0) is 55.7 Å². The van der Waals surface area contributed by atoms with Gasteiger partial charge in [-0.3, -0.25) is 9.59 Å². The van der Waals surface area contributed by atoms with E-state index in [-0.39, 0.29) is 11.8 Å². The lowest BCUT2D eigenvalue weighted by Gasteiger charge is -2.16. The summed E-state index contributed by atoms with van der Waals surface area (Å²) in [5.74, 6) is -0.0610. The van der Waals surface area contributed by atoms with Crippen molar-refractivity contribution in [3.63, 3.8) is 0 Å². The molecule has 3 heterocycles. The zero-order valence-electron chi connectivity index (χ0n) is 16.1. The molecule has 0 bridgehead atoms. The van der Waals surface area contributed by atoms with Crippen LogP contribution in [0.4, 0.5) is 16.5 Å². The number of fused-ring (bicyclic) bond motifs is 1. The maximum absolute atomic E-state index is 12.8. The second-order valence-electron chi connectivity index (χ2n) is 7.53. The standard InChI is InChI=1S/C22H22N4O2S/c27-20-7-4-12-26(20)17-6-3-5-15(13-17)21(28)23-16-8-9-18-19(14-16)29-22(24-18)25-10-1-2-11-25/h3,5-6,8-9,13-14H,1-2,4,7,10-12H2,(H,23,28). The third kappa shape index (κ3) is 3.58. The van der Waals surface area contributed by atoms with Gasteiger partial charge in [0.25, 0.3) is 5.91 Å². The molecular formula is C22H22N4O2S. The number of nitrogens with one attached hydrogen (secondary N) is 1. The minimum Gasteiger partial charge on any atom is -0.348 e. The van der Waals surface area contributed by atoms with Gasteiger partial charge in [0.2, 0.25) is 5.91 Å². The van der Waals surface area contributed by atoms with E-state index in [2.05, 4.69) is 10.2 Å². The molecule has 2 aliphatic heterocycles. The lowest BCUT2D eigenvalue weighted by Crippen LogP contribution is -2.24. The predicted octanol–water partition coefficient (Wildman–Crippen LogP) is 4.28. The van der Waals surface area contributed by atoms with Crippen LogP contribution in [0, 0.1) is 0 Å². The maximum atomic E-state index is 12.8. The van der Waals surface area contributed by atoms with Crippen molar-refractivity contribution >= 4 is 49.9 Å². The fourth-order valence-electron chi connectivity index (χ4n) is 3.97. The fourth-order valence-corrected chi connectivity index (χ4v) is 5.03. The minimum atomic E-state index is -0.179. The molecule has 0 unspecified atom stereocenters. The zero-order valence-corrected chi connectivity index (χ0v) is 16.9. The number of thiazole rings is 1. The molecule has 2 aliphatic rings. The third-order valence-electron chi connectivity index (χ3n) is 5.51. The van der Waals surface area contributed by atoms with E-state index in [9.17, 15) is 9.59 Å². The highest BCUT2D eigenvalue weighted by atomic mass is 32.1. The van der Waals surface area contributed by atoms with Gasteiger partial charge in [0.05, 0.1) is 10.2 Å². The van der Waals surface area contributed by atoms with Crippen LogP contribution in [-0.2, 0) is 4.79 Å². The van der Waals surface area contributed by atoms with Crippen LogP contribution in [0.2, 0.25) is 0 Å². The van der Waals surface area contributed by atoms with Crippen LogP contribution in [0.3, 0.4) is 0 Å². The molecule has 1 N–H and O–H groups in total. The molecule has 148 valence electrons. The summed E-state index contributed by atoms with van der Waals surface area (Å²) in [4.78, 5) is 33.6. The molecule has 0 aliphatic carbocycles. The summed E-state index contributed by atoms with van der Waals surface area (Å²) in [5, 5.41) is 4.04. The summed E-state index contributed by atoms with van der Waals surface area (Å²) in [6.07, 6.45) is 3.88. The van der Waals surface area contributed by atoms with Gasteiger partial charge in [-0.25, -0.2) is 4.98 Å². The van der Waals surface area contributed by atoms with Crippen LogP contribution in [0.15, 0.2) is 42.5 Å². The SMILES string of the molecule is O=C(Nc1ccc2nc(N3CCCC3)sc2c1)c1cccc(N2CCCC2=O)c1. The molecule has 6 nitrogen and oxygen atoms in total. The number of amides is 2. The summed E-state index contributed by atoms with van der Waals surface area (Å²) in [5.41, 5.74) is 3.05. The van der Waals surface area contributed by atoms with Crippen molar-refractivity contribution in [1.82, 2.24) is 4.98 Å². The topological polar surface area (TPSA) is 65.5 Å². The first-order valence-corrected chi connectivity index (χ1v) is 10.9. The van der Waals surface area contributed by atoms with Crippen LogP contribution in [0.1, 0.15) is 36.0 Å². The van der Waals surface area contributed by atoms with E-state index < -0.39 is 0 Å². The summed E-state index contributed by atoms with van der Waals surface area (Å²) in [7, 11) is 0. The van der Waals surface area contributed by atoms with Gasteiger partial charge in [0.1, 0.15) is 0 Å². The van der Waals surface area contributed by atoms with E-state index in [1.165, 1.54) is 12.8 Å². The van der Waals surface area contributed by atoms with Crippen molar-refractivity contribution in [2.45, 2.75) is 25.7 Å². The quantitative estimate of drug-likeness (QED) is 0.703. The second-order valence-corrected chi connectivity index (χ2v) is 8.54. The summed E-state index contributed by atoms with van der Waals surface area (Å²) in [6, 6.07) is 13.1. The Hall–Kier alpha value is -2.93. The molecule has 0 atom stereocenters. The van der Waals surface area contributed by atoms with Gasteiger partial charge >= 0.3 is 0 Å². The Morgan fingerprint density at radius 2 is 1.90 bits per heavy atom. The molecule has 29 heavy (non-hydrogen) atoms. The van der Waals surface area contributed by atoms with Crippen LogP contribution in [-0.4, -0.2) is 36.4 Å². The van der Waals surface area contributed by atoms with E-state index in [1.54, 1.807) is 28.4 Å². The lowest BCUT2D eigenvalue weighted by atomic mass is 10.1. The first-order valence-electron chi connectivity index (χ1n) is 10.0. The molecular weight excluding hydrogens is 384 g/mol. The maximum Gasteiger partial charge on any atom is 0.255 e. The fraction of sp³-hybridized carbons (Fsp3) is 0.318. The molecule has 5 rings (SSSR count). The average molecular weight is 407 g/mol. The van der Waals surface area contributed by atoms with Crippen molar-refractivity contribution in [1.29, 1.82) is 0 Å². The highest BCUT2D eigenvalue weighted by Gasteiger charge is 2.22. The van der Waals surface area contributed by atoms with Gasteiger partial charge in [-0.1, -0.05) is 17.4 Å². The highest BCUT2D eigenvalue weighted by Crippen LogP contribution is 2.32. The van der Waals surface area contributed by atoms with E-state index in [4.69, 9.17) is 4.98 Å². The Kier molecular flexibility index (Phi) is 4.67. The number of nitrogens with zero attached hydrogens (tertiary/aromatic N) is 3. The van der Waals surface area contributed by atoms with Crippen molar-refractivity contribution in [2.24, 2.45) is 0 Å². The van der Waals surface area contributed by atoms with Gasteiger partial charge in [0, 0.05) is 43.0 Å². The molecule has 2 amide bonds. The number of hydrogen-bond acceptors (Lipinski definition) is 5. The Bertz CT molecular complexity index is 1090. The monoisotopic (exact) mass is 406 g/mol. The van der Waals surface area contributed by atoms with Crippen molar-refractivity contribution < 1.29 is 9.59 Å². The molecule has 0 spiro atoms. The Morgan fingerprint density at radius 1 is 1.03 bits per heavy atom. The Morgan fingerprint density at radius 3 is 2.69 bits per heavy atom. The highest BCUT2D eigenvalue weighted by molar-refractivity contribution is 7.22. The van der Waals surface area contributed by atoms with Crippen LogP contribution in [0.25, 0.3) is 10.2 Å². The molecule has 1 aromatic heterocycles. The molecule has 2 fully saturated rings.